The molecule has 0 bridgehead atoms. The Morgan fingerprint density at radius 2 is 2.11 bits per heavy atom. The maximum absolute atomic E-state index is 12.2. The smallest absolute Gasteiger partial charge is 0.243 e. The normalized spacial score (nSPS) is 15.2. The minimum Gasteiger partial charge on any atom is -0.260 e. The van der Waals surface area contributed by atoms with Crippen LogP contribution in [0, 0.1) is 0 Å². The van der Waals surface area contributed by atoms with Crippen LogP contribution in [0.3, 0.4) is 0 Å². The van der Waals surface area contributed by atoms with Gasteiger partial charge < -0.3 is 0 Å². The quantitative estimate of drug-likeness (QED) is 0.814. The molecule has 108 valence electrons. The number of sulfonamides is 1. The Labute approximate surface area is 129 Å². The molecule has 2 atom stereocenters. The molecule has 1 N–H and O–H groups in total. The van der Waals surface area contributed by atoms with E-state index in [0.29, 0.717) is 16.6 Å². The number of halogens is 2. The van der Waals surface area contributed by atoms with Crippen molar-refractivity contribution in [3.05, 3.63) is 27.7 Å². The zero-order valence-electron chi connectivity index (χ0n) is 10.5. The average molecular weight is 389 g/mol. The summed E-state index contributed by atoms with van der Waals surface area (Å²) in [4.78, 5) is 0.0288. The first kappa shape index (κ1) is 17.1. The van der Waals surface area contributed by atoms with Crippen molar-refractivity contribution in [1.29, 1.82) is 0 Å². The van der Waals surface area contributed by atoms with E-state index in [1.807, 2.05) is 0 Å². The number of nitrogens with one attached hydrogen (secondary N) is 1. The van der Waals surface area contributed by atoms with Crippen LogP contribution in [0.5, 0.6) is 0 Å². The lowest BCUT2D eigenvalue weighted by molar-refractivity contribution is 0.555. The van der Waals surface area contributed by atoms with Gasteiger partial charge in [0.15, 0.2) is 0 Å². The molecule has 0 aliphatic rings. The van der Waals surface area contributed by atoms with Gasteiger partial charge in [0.25, 0.3) is 0 Å². The maximum Gasteiger partial charge on any atom is 0.243 e. The molecular formula is C11H15BrClNO3S2. The Hall–Kier alpha value is 0.0500. The molecule has 0 fully saturated rings. The van der Waals surface area contributed by atoms with E-state index in [9.17, 15) is 12.6 Å². The van der Waals surface area contributed by atoms with E-state index in [1.165, 1.54) is 6.07 Å². The Morgan fingerprint density at radius 1 is 1.47 bits per heavy atom. The molecule has 0 spiro atoms. The molecule has 2 unspecified atom stereocenters. The number of hydrogen-bond acceptors (Lipinski definition) is 3. The molecule has 0 aromatic heterocycles. The van der Waals surface area contributed by atoms with Crippen molar-refractivity contribution >= 4 is 48.4 Å². The van der Waals surface area contributed by atoms with E-state index < -0.39 is 20.8 Å². The summed E-state index contributed by atoms with van der Waals surface area (Å²) in [6.45, 7) is 1.73. The van der Waals surface area contributed by atoms with Crippen molar-refractivity contribution in [3.63, 3.8) is 0 Å². The van der Waals surface area contributed by atoms with Crippen molar-refractivity contribution in [2.75, 3.05) is 12.0 Å². The van der Waals surface area contributed by atoms with Gasteiger partial charge in [-0.1, -0.05) is 17.7 Å². The van der Waals surface area contributed by atoms with Gasteiger partial charge in [-0.15, -0.1) is 0 Å². The van der Waals surface area contributed by atoms with E-state index >= 15 is 0 Å². The summed E-state index contributed by atoms with van der Waals surface area (Å²) >= 11 is 9.11. The molecule has 1 aromatic rings. The Bertz CT molecular complexity index is 557. The standard InChI is InChI=1S/C11H15BrClNO3S2/c1-8(6-7-18(2)15)14-19(16,17)11-9(12)4-3-5-10(11)13/h3-5,8,14H,6-7H2,1-2H3. The predicted molar refractivity (Wildman–Crippen MR) is 82.5 cm³/mol. The lowest BCUT2D eigenvalue weighted by atomic mass is 10.3. The van der Waals surface area contributed by atoms with Gasteiger partial charge in [-0.25, -0.2) is 13.1 Å². The second-order valence-corrected chi connectivity index (χ2v) is 8.61. The Morgan fingerprint density at radius 3 is 2.63 bits per heavy atom. The first-order valence-corrected chi connectivity index (χ1v) is 9.88. The molecule has 0 heterocycles. The first-order valence-electron chi connectivity index (χ1n) is 5.50. The Kier molecular flexibility index (Phi) is 6.46. The lowest BCUT2D eigenvalue weighted by Crippen LogP contribution is -2.33. The van der Waals surface area contributed by atoms with E-state index in [2.05, 4.69) is 20.7 Å². The molecule has 0 saturated heterocycles. The van der Waals surface area contributed by atoms with Crippen LogP contribution in [-0.4, -0.2) is 30.7 Å². The zero-order valence-corrected chi connectivity index (χ0v) is 14.5. The van der Waals surface area contributed by atoms with E-state index in [1.54, 1.807) is 25.3 Å². The number of benzene rings is 1. The zero-order chi connectivity index (χ0) is 14.6. The monoisotopic (exact) mass is 387 g/mol. The number of hydrogen-bond donors (Lipinski definition) is 1. The van der Waals surface area contributed by atoms with Crippen molar-refractivity contribution in [2.45, 2.75) is 24.3 Å². The summed E-state index contributed by atoms with van der Waals surface area (Å²) in [6, 6.07) is 4.49. The van der Waals surface area contributed by atoms with Crippen LogP contribution in [-0.2, 0) is 20.8 Å². The second kappa shape index (κ2) is 7.17. The average Bonchev–Trinajstić information content (AvgIpc) is 2.25. The molecule has 8 heteroatoms. The maximum atomic E-state index is 12.2. The predicted octanol–water partition coefficient (Wildman–Crippen LogP) is 2.54. The van der Waals surface area contributed by atoms with Gasteiger partial charge in [-0.05, 0) is 41.4 Å². The van der Waals surface area contributed by atoms with Gasteiger partial charge in [0, 0.05) is 33.3 Å². The van der Waals surface area contributed by atoms with Crippen molar-refractivity contribution in [1.82, 2.24) is 4.72 Å². The molecule has 19 heavy (non-hydrogen) atoms. The van der Waals surface area contributed by atoms with Gasteiger partial charge >= 0.3 is 0 Å². The van der Waals surface area contributed by atoms with Crippen LogP contribution in [0.1, 0.15) is 13.3 Å². The fourth-order valence-corrected chi connectivity index (χ4v) is 5.16. The Balaban J connectivity index is 2.90. The third-order valence-electron chi connectivity index (χ3n) is 2.38. The van der Waals surface area contributed by atoms with Crippen LogP contribution in [0.25, 0.3) is 0 Å². The van der Waals surface area contributed by atoms with E-state index in [0.717, 1.165) is 0 Å². The highest BCUT2D eigenvalue weighted by molar-refractivity contribution is 9.10. The van der Waals surface area contributed by atoms with Crippen LogP contribution in [0.15, 0.2) is 27.6 Å². The third kappa shape index (κ3) is 5.15. The first-order chi connectivity index (χ1) is 8.74. The number of rotatable bonds is 6. The second-order valence-electron chi connectivity index (χ2n) is 4.14. The molecule has 4 nitrogen and oxygen atoms in total. The largest absolute Gasteiger partial charge is 0.260 e. The van der Waals surface area contributed by atoms with Crippen LogP contribution >= 0.6 is 27.5 Å². The molecule has 0 amide bonds. The van der Waals surface area contributed by atoms with Gasteiger partial charge in [0.2, 0.25) is 10.0 Å². The molecule has 0 aliphatic heterocycles. The summed E-state index contributed by atoms with van der Waals surface area (Å²) in [5, 5.41) is 0.160. The summed E-state index contributed by atoms with van der Waals surface area (Å²) in [5.41, 5.74) is 0. The lowest BCUT2D eigenvalue weighted by Gasteiger charge is -2.15. The molecular weight excluding hydrogens is 374 g/mol. The molecule has 0 radical (unpaired) electrons. The van der Waals surface area contributed by atoms with E-state index in [-0.39, 0.29) is 16.0 Å². The molecule has 0 aliphatic carbocycles. The molecule has 1 aromatic carbocycles. The summed E-state index contributed by atoms with van der Waals surface area (Å²) in [5.74, 6) is 0.452. The minimum absolute atomic E-state index is 0.0288. The van der Waals surface area contributed by atoms with Crippen LogP contribution in [0.4, 0.5) is 0 Å². The fraction of sp³-hybridized carbons (Fsp3) is 0.455. The highest BCUT2D eigenvalue weighted by atomic mass is 79.9. The summed E-state index contributed by atoms with van der Waals surface area (Å²) in [6.07, 6.45) is 2.09. The third-order valence-corrected chi connectivity index (χ3v) is 6.23. The van der Waals surface area contributed by atoms with Gasteiger partial charge in [0.05, 0.1) is 5.02 Å². The molecule has 1 rings (SSSR count). The highest BCUT2D eigenvalue weighted by Crippen LogP contribution is 2.29. The molecule has 0 saturated carbocycles. The summed E-state index contributed by atoms with van der Waals surface area (Å²) in [7, 11) is -4.63. The van der Waals surface area contributed by atoms with Crippen LogP contribution < -0.4 is 4.72 Å². The van der Waals surface area contributed by atoms with Crippen molar-refractivity contribution in [2.24, 2.45) is 0 Å². The van der Waals surface area contributed by atoms with Gasteiger partial charge in [-0.3, -0.25) is 4.21 Å². The van der Waals surface area contributed by atoms with Crippen molar-refractivity contribution in [3.8, 4) is 0 Å². The minimum atomic E-state index is -3.70. The van der Waals surface area contributed by atoms with E-state index in [4.69, 9.17) is 11.6 Å². The SMILES string of the molecule is CC(CCS(C)=O)NS(=O)(=O)c1c(Cl)cccc1Br. The van der Waals surface area contributed by atoms with Crippen LogP contribution in [0.2, 0.25) is 5.02 Å². The highest BCUT2D eigenvalue weighted by Gasteiger charge is 2.23. The topological polar surface area (TPSA) is 63.2 Å². The van der Waals surface area contributed by atoms with Gasteiger partial charge in [0.1, 0.15) is 4.90 Å². The van der Waals surface area contributed by atoms with Gasteiger partial charge in [-0.2, -0.15) is 0 Å². The fourth-order valence-electron chi connectivity index (χ4n) is 1.46. The summed E-state index contributed by atoms with van der Waals surface area (Å²) < 4.78 is 38.4. The van der Waals surface area contributed by atoms with Crippen molar-refractivity contribution < 1.29 is 12.6 Å².